The summed E-state index contributed by atoms with van der Waals surface area (Å²) < 4.78 is 14.1. The van der Waals surface area contributed by atoms with E-state index in [2.05, 4.69) is 4.98 Å². The van der Waals surface area contributed by atoms with Crippen LogP contribution in [0.25, 0.3) is 0 Å². The van der Waals surface area contributed by atoms with E-state index >= 15 is 0 Å². The molecule has 1 aromatic heterocycles. The van der Waals surface area contributed by atoms with Gasteiger partial charge < -0.3 is 10.0 Å². The molecule has 1 aliphatic heterocycles. The highest BCUT2D eigenvalue weighted by Crippen LogP contribution is 2.43. The first-order valence-electron chi connectivity index (χ1n) is 8.81. The van der Waals surface area contributed by atoms with E-state index in [0.717, 1.165) is 0 Å². The van der Waals surface area contributed by atoms with Gasteiger partial charge >= 0.3 is 0 Å². The molecule has 2 heterocycles. The van der Waals surface area contributed by atoms with E-state index in [0.29, 0.717) is 22.4 Å². The van der Waals surface area contributed by atoms with E-state index in [1.807, 2.05) is 0 Å². The third-order valence-electron chi connectivity index (χ3n) is 4.94. The van der Waals surface area contributed by atoms with Crippen molar-refractivity contribution in [2.45, 2.75) is 18.6 Å². The van der Waals surface area contributed by atoms with E-state index in [4.69, 9.17) is 0 Å². The van der Waals surface area contributed by atoms with Crippen molar-refractivity contribution < 1.29 is 19.1 Å². The molecule has 0 aliphatic carbocycles. The highest BCUT2D eigenvalue weighted by atomic mass is 19.1. The number of para-hydroxylation sites is 1. The number of nitrogens with zero attached hydrogens (tertiary/aromatic N) is 2. The van der Waals surface area contributed by atoms with Crippen LogP contribution >= 0.6 is 0 Å². The number of carbonyl (C=O) groups excluding carboxylic acids is 2. The first kappa shape index (κ1) is 18.0. The van der Waals surface area contributed by atoms with Gasteiger partial charge in [-0.1, -0.05) is 36.4 Å². The molecule has 1 N–H and O–H groups in total. The molecule has 6 heteroatoms. The van der Waals surface area contributed by atoms with Crippen LogP contribution in [0.3, 0.4) is 0 Å². The first-order valence-corrected chi connectivity index (χ1v) is 8.81. The molecule has 0 fully saturated rings. The van der Waals surface area contributed by atoms with Gasteiger partial charge in [-0.25, -0.2) is 4.39 Å². The number of hydrogen-bond acceptors (Lipinski definition) is 4. The molecule has 3 aromatic rings. The summed E-state index contributed by atoms with van der Waals surface area (Å²) in [5, 5.41) is 11.2. The Morgan fingerprint density at radius 1 is 1.04 bits per heavy atom. The minimum Gasteiger partial charge on any atom is -0.375 e. The summed E-state index contributed by atoms with van der Waals surface area (Å²) in [7, 11) is 0. The highest BCUT2D eigenvalue weighted by molar-refractivity contribution is 6.10. The maximum atomic E-state index is 14.1. The molecule has 0 bridgehead atoms. The van der Waals surface area contributed by atoms with Gasteiger partial charge in [0, 0.05) is 29.1 Å². The molecule has 1 amide bonds. The van der Waals surface area contributed by atoms with Crippen molar-refractivity contribution in [3.05, 3.63) is 95.6 Å². The molecule has 140 valence electrons. The largest absolute Gasteiger partial charge is 0.375 e. The third kappa shape index (κ3) is 2.97. The number of amides is 1. The SMILES string of the molecule is O=C(C[C@@]1(O)C(=O)N(Cc2ccccc2F)c2ccccc21)c1ccncc1. The number of halogens is 1. The van der Waals surface area contributed by atoms with Crippen LogP contribution in [0.2, 0.25) is 0 Å². The maximum absolute atomic E-state index is 14.1. The van der Waals surface area contributed by atoms with E-state index in [9.17, 15) is 19.1 Å². The Balaban J connectivity index is 1.70. The van der Waals surface area contributed by atoms with E-state index < -0.39 is 23.7 Å². The Bertz CT molecular complexity index is 1050. The average Bonchev–Trinajstić information content (AvgIpc) is 2.92. The predicted molar refractivity (Wildman–Crippen MR) is 101 cm³/mol. The summed E-state index contributed by atoms with van der Waals surface area (Å²) in [6.07, 6.45) is 2.55. The molecule has 1 atom stereocenters. The van der Waals surface area contributed by atoms with Gasteiger partial charge in [-0.3, -0.25) is 14.6 Å². The zero-order chi connectivity index (χ0) is 19.7. The van der Waals surface area contributed by atoms with Crippen LogP contribution in [0, 0.1) is 5.82 Å². The fraction of sp³-hybridized carbons (Fsp3) is 0.136. The van der Waals surface area contributed by atoms with Crippen LogP contribution in [-0.2, 0) is 16.9 Å². The Hall–Kier alpha value is -3.38. The van der Waals surface area contributed by atoms with Crippen molar-refractivity contribution in [3.8, 4) is 0 Å². The molecule has 0 radical (unpaired) electrons. The van der Waals surface area contributed by atoms with Crippen molar-refractivity contribution in [2.24, 2.45) is 0 Å². The number of benzene rings is 2. The molecular weight excluding hydrogens is 359 g/mol. The molecule has 1 aliphatic rings. The molecule has 28 heavy (non-hydrogen) atoms. The quantitative estimate of drug-likeness (QED) is 0.694. The predicted octanol–water partition coefficient (Wildman–Crippen LogP) is 3.23. The maximum Gasteiger partial charge on any atom is 0.264 e. The molecule has 0 saturated heterocycles. The molecule has 2 aromatic carbocycles. The van der Waals surface area contributed by atoms with Crippen LogP contribution in [0.4, 0.5) is 10.1 Å². The normalized spacial score (nSPS) is 18.2. The minimum atomic E-state index is -2.00. The monoisotopic (exact) mass is 376 g/mol. The third-order valence-corrected chi connectivity index (χ3v) is 4.94. The zero-order valence-corrected chi connectivity index (χ0v) is 14.9. The van der Waals surface area contributed by atoms with Crippen LogP contribution in [-0.4, -0.2) is 21.8 Å². The smallest absolute Gasteiger partial charge is 0.264 e. The lowest BCUT2D eigenvalue weighted by atomic mass is 9.88. The second-order valence-electron chi connectivity index (χ2n) is 6.70. The lowest BCUT2D eigenvalue weighted by Gasteiger charge is -2.23. The van der Waals surface area contributed by atoms with Crippen LogP contribution in [0.15, 0.2) is 73.1 Å². The number of Topliss-reactive ketones (excluding diaryl/α,β-unsaturated/α-hetero) is 1. The molecule has 0 unspecified atom stereocenters. The molecule has 0 saturated carbocycles. The minimum absolute atomic E-state index is 0.0335. The van der Waals surface area contributed by atoms with Gasteiger partial charge in [0.25, 0.3) is 5.91 Å². The van der Waals surface area contributed by atoms with Gasteiger partial charge in [-0.05, 0) is 24.3 Å². The Morgan fingerprint density at radius 3 is 2.46 bits per heavy atom. The van der Waals surface area contributed by atoms with Crippen molar-refractivity contribution in [1.82, 2.24) is 4.98 Å². The van der Waals surface area contributed by atoms with Gasteiger partial charge in [0.1, 0.15) is 5.82 Å². The van der Waals surface area contributed by atoms with Crippen LogP contribution < -0.4 is 4.90 Å². The molecule has 4 rings (SSSR count). The zero-order valence-electron chi connectivity index (χ0n) is 14.9. The van der Waals surface area contributed by atoms with E-state index in [-0.39, 0.29) is 12.3 Å². The number of rotatable bonds is 5. The summed E-state index contributed by atoms with van der Waals surface area (Å²) in [5.41, 5.74) is -0.487. The number of pyridine rings is 1. The fourth-order valence-electron chi connectivity index (χ4n) is 3.50. The van der Waals surface area contributed by atoms with Crippen molar-refractivity contribution in [3.63, 3.8) is 0 Å². The summed E-state index contributed by atoms with van der Waals surface area (Å²) in [4.78, 5) is 31.0. The number of anilines is 1. The Morgan fingerprint density at radius 2 is 1.71 bits per heavy atom. The molecule has 5 nitrogen and oxygen atoms in total. The second-order valence-corrected chi connectivity index (χ2v) is 6.70. The topological polar surface area (TPSA) is 70.5 Å². The molecular formula is C22H17FN2O3. The number of carbonyl (C=O) groups is 2. The fourth-order valence-corrected chi connectivity index (χ4v) is 3.50. The van der Waals surface area contributed by atoms with Crippen LogP contribution in [0.1, 0.15) is 27.9 Å². The van der Waals surface area contributed by atoms with Gasteiger partial charge in [-0.2, -0.15) is 0 Å². The van der Waals surface area contributed by atoms with Crippen LogP contribution in [0.5, 0.6) is 0 Å². The first-order chi connectivity index (χ1) is 13.5. The second kappa shape index (κ2) is 6.98. The van der Waals surface area contributed by atoms with E-state index in [1.165, 1.54) is 35.5 Å². The summed E-state index contributed by atoms with van der Waals surface area (Å²) in [6, 6.07) is 16.0. The lowest BCUT2D eigenvalue weighted by Crippen LogP contribution is -2.41. The Labute approximate surface area is 161 Å². The lowest BCUT2D eigenvalue weighted by molar-refractivity contribution is -0.136. The number of aromatic nitrogens is 1. The Kier molecular flexibility index (Phi) is 4.49. The highest BCUT2D eigenvalue weighted by Gasteiger charge is 2.50. The number of hydrogen-bond donors (Lipinski definition) is 1. The average molecular weight is 376 g/mol. The van der Waals surface area contributed by atoms with Gasteiger partial charge in [-0.15, -0.1) is 0 Å². The number of fused-ring (bicyclic) bond motifs is 1. The number of ketones is 1. The van der Waals surface area contributed by atoms with Crippen molar-refractivity contribution in [2.75, 3.05) is 4.90 Å². The summed E-state index contributed by atoms with van der Waals surface area (Å²) >= 11 is 0. The summed E-state index contributed by atoms with van der Waals surface area (Å²) in [5.74, 6) is -1.45. The van der Waals surface area contributed by atoms with E-state index in [1.54, 1.807) is 42.5 Å². The van der Waals surface area contributed by atoms with Gasteiger partial charge in [0.2, 0.25) is 0 Å². The van der Waals surface area contributed by atoms with Gasteiger partial charge in [0.15, 0.2) is 11.4 Å². The van der Waals surface area contributed by atoms with Crippen molar-refractivity contribution in [1.29, 1.82) is 0 Å². The molecule has 0 spiro atoms. The standard InChI is InChI=1S/C22H17FN2O3/c23-18-7-3-1-5-16(18)14-25-19-8-4-2-6-17(19)22(28,21(25)27)13-20(26)15-9-11-24-12-10-15/h1-12,28H,13-14H2/t22-/m0/s1. The summed E-state index contributed by atoms with van der Waals surface area (Å²) in [6.45, 7) is -0.0335. The van der Waals surface area contributed by atoms with Gasteiger partial charge in [0.05, 0.1) is 18.7 Å². The van der Waals surface area contributed by atoms with Crippen molar-refractivity contribution >= 4 is 17.4 Å². The number of aliphatic hydroxyl groups is 1.